The standard InChI is InChI=1S/C27H31FO4/c28-22-14-12-21(13-15-22)27-16-25(32-19-27)23(18-31-17-20-8-4-3-5-9-20)24(27)10-6-1-2-7-11-26(29)30/h1,3-6,8-9,12-15,23-25H,2,7,10-11,16-19H2,(H,29,30)/b6-1+/t23-,24-,25?,27?/m1/s1. The Morgan fingerprint density at radius 1 is 1.16 bits per heavy atom. The van der Waals surface area contributed by atoms with Gasteiger partial charge in [-0.2, -0.15) is 0 Å². The molecule has 1 N–H and O–H groups in total. The van der Waals surface area contributed by atoms with Crippen molar-refractivity contribution in [2.45, 2.75) is 50.2 Å². The molecule has 0 radical (unpaired) electrons. The molecular weight excluding hydrogens is 407 g/mol. The Hall–Kier alpha value is -2.50. The summed E-state index contributed by atoms with van der Waals surface area (Å²) in [5, 5.41) is 8.81. The Morgan fingerprint density at radius 3 is 2.69 bits per heavy atom. The van der Waals surface area contributed by atoms with Crippen LogP contribution in [0.25, 0.3) is 0 Å². The molecule has 2 aromatic rings. The van der Waals surface area contributed by atoms with E-state index < -0.39 is 5.97 Å². The van der Waals surface area contributed by atoms with Gasteiger partial charge in [0.15, 0.2) is 0 Å². The van der Waals surface area contributed by atoms with E-state index in [2.05, 4.69) is 24.3 Å². The van der Waals surface area contributed by atoms with Gasteiger partial charge in [-0.25, -0.2) is 4.39 Å². The summed E-state index contributed by atoms with van der Waals surface area (Å²) in [6.45, 7) is 1.85. The van der Waals surface area contributed by atoms with Crippen LogP contribution in [0.5, 0.6) is 0 Å². The predicted molar refractivity (Wildman–Crippen MR) is 121 cm³/mol. The van der Waals surface area contributed by atoms with Crippen molar-refractivity contribution in [1.29, 1.82) is 0 Å². The Labute approximate surface area is 189 Å². The molecule has 2 fully saturated rings. The lowest BCUT2D eigenvalue weighted by atomic mass is 9.69. The largest absolute Gasteiger partial charge is 0.481 e. The zero-order valence-electron chi connectivity index (χ0n) is 18.3. The van der Waals surface area contributed by atoms with Gasteiger partial charge in [0.25, 0.3) is 0 Å². The van der Waals surface area contributed by atoms with Gasteiger partial charge in [0.1, 0.15) is 5.82 Å². The molecule has 1 heterocycles. The number of halogens is 1. The van der Waals surface area contributed by atoms with E-state index in [0.717, 1.165) is 30.4 Å². The minimum absolute atomic E-state index is 0.134. The lowest BCUT2D eigenvalue weighted by molar-refractivity contribution is -0.137. The molecule has 2 bridgehead atoms. The molecule has 0 aromatic heterocycles. The smallest absolute Gasteiger partial charge is 0.303 e. The average Bonchev–Trinajstić information content (AvgIpc) is 3.35. The van der Waals surface area contributed by atoms with Crippen LogP contribution in [0.3, 0.4) is 0 Å². The Kier molecular flexibility index (Phi) is 7.38. The first kappa shape index (κ1) is 22.7. The van der Waals surface area contributed by atoms with Crippen LogP contribution in [0.1, 0.15) is 43.2 Å². The van der Waals surface area contributed by atoms with Crippen LogP contribution in [-0.4, -0.2) is 30.4 Å². The highest BCUT2D eigenvalue weighted by Gasteiger charge is 2.59. The molecule has 32 heavy (non-hydrogen) atoms. The first-order valence-corrected chi connectivity index (χ1v) is 11.4. The number of fused-ring (bicyclic) bond motifs is 2. The van der Waals surface area contributed by atoms with Crippen LogP contribution in [-0.2, 0) is 26.3 Å². The number of benzene rings is 2. The molecule has 1 saturated carbocycles. The topological polar surface area (TPSA) is 55.8 Å². The fourth-order valence-corrected chi connectivity index (χ4v) is 5.37. The minimum Gasteiger partial charge on any atom is -0.481 e. The number of rotatable bonds is 11. The second kappa shape index (κ2) is 10.4. The molecule has 0 spiro atoms. The third-order valence-electron chi connectivity index (χ3n) is 6.98. The molecule has 4 atom stereocenters. The predicted octanol–water partition coefficient (Wildman–Crippen LogP) is 5.52. The summed E-state index contributed by atoms with van der Waals surface area (Å²) < 4.78 is 25.9. The molecule has 0 amide bonds. The van der Waals surface area contributed by atoms with Gasteiger partial charge in [-0.3, -0.25) is 4.79 Å². The van der Waals surface area contributed by atoms with Crippen LogP contribution in [0.2, 0.25) is 0 Å². The van der Waals surface area contributed by atoms with E-state index in [0.29, 0.717) is 32.2 Å². The lowest BCUT2D eigenvalue weighted by Crippen LogP contribution is -2.41. The summed E-state index contributed by atoms with van der Waals surface area (Å²) in [5.41, 5.74) is 2.15. The maximum atomic E-state index is 13.6. The van der Waals surface area contributed by atoms with Gasteiger partial charge < -0.3 is 14.6 Å². The molecule has 5 heteroatoms. The highest BCUT2D eigenvalue weighted by molar-refractivity contribution is 5.66. The fourth-order valence-electron chi connectivity index (χ4n) is 5.37. The van der Waals surface area contributed by atoms with E-state index in [4.69, 9.17) is 14.6 Å². The third kappa shape index (κ3) is 5.11. The highest BCUT2D eigenvalue weighted by atomic mass is 19.1. The quantitative estimate of drug-likeness (QED) is 0.371. The summed E-state index contributed by atoms with van der Waals surface area (Å²) in [6, 6.07) is 17.0. The van der Waals surface area contributed by atoms with Gasteiger partial charge >= 0.3 is 5.97 Å². The number of carbonyl (C=O) groups is 1. The van der Waals surface area contributed by atoms with E-state index in [1.807, 2.05) is 30.3 Å². The van der Waals surface area contributed by atoms with E-state index in [9.17, 15) is 9.18 Å². The van der Waals surface area contributed by atoms with Crippen molar-refractivity contribution in [3.05, 3.63) is 83.7 Å². The number of hydrogen-bond acceptors (Lipinski definition) is 3. The number of aliphatic carboxylic acids is 1. The number of allylic oxidation sites excluding steroid dienone is 2. The van der Waals surface area contributed by atoms with Gasteiger partial charge in [0, 0.05) is 17.8 Å². The summed E-state index contributed by atoms with van der Waals surface area (Å²) >= 11 is 0. The maximum Gasteiger partial charge on any atom is 0.303 e. The summed E-state index contributed by atoms with van der Waals surface area (Å²) in [5.74, 6) is -0.384. The second-order valence-corrected chi connectivity index (χ2v) is 8.98. The van der Waals surface area contributed by atoms with Crippen LogP contribution in [0.4, 0.5) is 4.39 Å². The first-order chi connectivity index (χ1) is 15.6. The lowest BCUT2D eigenvalue weighted by Gasteiger charge is -2.39. The molecule has 4 rings (SSSR count). The highest BCUT2D eigenvalue weighted by Crippen LogP contribution is 2.56. The van der Waals surface area contributed by atoms with Crippen LogP contribution in [0.15, 0.2) is 66.7 Å². The fraction of sp³-hybridized carbons (Fsp3) is 0.444. The van der Waals surface area contributed by atoms with E-state index in [1.54, 1.807) is 0 Å². The molecule has 4 nitrogen and oxygen atoms in total. The van der Waals surface area contributed by atoms with E-state index in [-0.39, 0.29) is 29.7 Å². The molecule has 2 aliphatic rings. The molecule has 1 aliphatic heterocycles. The molecular formula is C27H31FO4. The van der Waals surface area contributed by atoms with Gasteiger partial charge in [-0.05, 0) is 54.9 Å². The minimum atomic E-state index is -0.755. The van der Waals surface area contributed by atoms with Crippen LogP contribution < -0.4 is 0 Å². The van der Waals surface area contributed by atoms with Gasteiger partial charge in [-0.15, -0.1) is 0 Å². The summed E-state index contributed by atoms with van der Waals surface area (Å²) in [7, 11) is 0. The Bertz CT molecular complexity index is 911. The number of carboxylic acids is 1. The second-order valence-electron chi connectivity index (χ2n) is 8.98. The monoisotopic (exact) mass is 438 g/mol. The maximum absolute atomic E-state index is 13.6. The van der Waals surface area contributed by atoms with Crippen molar-refractivity contribution in [3.8, 4) is 0 Å². The number of carboxylic acid groups (broad SMARTS) is 1. The normalized spacial score (nSPS) is 26.7. The Balaban J connectivity index is 1.46. The number of ether oxygens (including phenoxy) is 2. The Morgan fingerprint density at radius 2 is 1.94 bits per heavy atom. The molecule has 2 unspecified atom stereocenters. The molecule has 1 aliphatic carbocycles. The van der Waals surface area contributed by atoms with Crippen molar-refractivity contribution >= 4 is 5.97 Å². The van der Waals surface area contributed by atoms with Crippen molar-refractivity contribution in [1.82, 2.24) is 0 Å². The number of unbranched alkanes of at least 4 members (excludes halogenated alkanes) is 1. The van der Waals surface area contributed by atoms with Gasteiger partial charge in [0.2, 0.25) is 0 Å². The average molecular weight is 439 g/mol. The first-order valence-electron chi connectivity index (χ1n) is 11.4. The van der Waals surface area contributed by atoms with E-state index in [1.165, 1.54) is 12.1 Å². The van der Waals surface area contributed by atoms with Gasteiger partial charge in [-0.1, -0.05) is 54.6 Å². The van der Waals surface area contributed by atoms with Crippen molar-refractivity contribution in [3.63, 3.8) is 0 Å². The van der Waals surface area contributed by atoms with Gasteiger partial charge in [0.05, 0.1) is 25.9 Å². The van der Waals surface area contributed by atoms with Crippen molar-refractivity contribution in [2.75, 3.05) is 13.2 Å². The summed E-state index contributed by atoms with van der Waals surface area (Å²) in [6.07, 6.45) is 7.82. The van der Waals surface area contributed by atoms with Crippen LogP contribution in [0, 0.1) is 17.7 Å². The summed E-state index contributed by atoms with van der Waals surface area (Å²) in [4.78, 5) is 10.7. The third-order valence-corrected chi connectivity index (χ3v) is 6.98. The van der Waals surface area contributed by atoms with Crippen molar-refractivity contribution < 1.29 is 23.8 Å². The van der Waals surface area contributed by atoms with Crippen LogP contribution >= 0.6 is 0 Å². The SMILES string of the molecule is O=C(O)CCC/C=C/C[C@@H]1[C@@H](COCc2ccccc2)C2CC1(c1ccc(F)cc1)CO2. The molecule has 1 saturated heterocycles. The zero-order valence-corrected chi connectivity index (χ0v) is 18.3. The number of hydrogen-bond donors (Lipinski definition) is 1. The zero-order chi connectivity index (χ0) is 22.4. The molecule has 2 aromatic carbocycles. The van der Waals surface area contributed by atoms with Crippen molar-refractivity contribution in [2.24, 2.45) is 11.8 Å². The van der Waals surface area contributed by atoms with E-state index >= 15 is 0 Å². The molecule has 170 valence electrons.